The molecule has 0 aliphatic carbocycles. The average Bonchev–Trinajstić information content (AvgIpc) is 2.91. The van der Waals surface area contributed by atoms with Crippen LogP contribution in [-0.2, 0) is 26.7 Å². The van der Waals surface area contributed by atoms with Crippen molar-refractivity contribution in [2.45, 2.75) is 19.6 Å². The molecule has 0 radical (unpaired) electrons. The van der Waals surface area contributed by atoms with Crippen LogP contribution in [0.5, 0.6) is 0 Å². The zero-order chi connectivity index (χ0) is 13.0. The average molecular weight is 248 g/mol. The van der Waals surface area contributed by atoms with Gasteiger partial charge in [-0.2, -0.15) is 0 Å². The summed E-state index contributed by atoms with van der Waals surface area (Å²) in [6.07, 6.45) is 5.54. The molecular formula is C13H20N4O. The fourth-order valence-electron chi connectivity index (χ4n) is 1.96. The Hall–Kier alpha value is -1.59. The maximum absolute atomic E-state index is 5.45. The Morgan fingerprint density at radius 2 is 2.28 bits per heavy atom. The van der Waals surface area contributed by atoms with Gasteiger partial charge in [0.25, 0.3) is 0 Å². The van der Waals surface area contributed by atoms with Crippen LogP contribution in [-0.4, -0.2) is 28.5 Å². The molecular weight excluding hydrogens is 228 g/mol. The van der Waals surface area contributed by atoms with Crippen LogP contribution in [0.15, 0.2) is 29.1 Å². The summed E-state index contributed by atoms with van der Waals surface area (Å²) in [6.45, 7) is 2.45. The van der Waals surface area contributed by atoms with E-state index in [1.165, 1.54) is 5.56 Å². The van der Waals surface area contributed by atoms with Gasteiger partial charge in [0, 0.05) is 31.5 Å². The molecule has 0 aliphatic heterocycles. The van der Waals surface area contributed by atoms with Crippen molar-refractivity contribution in [3.05, 3.63) is 41.9 Å². The number of nitrogens with zero attached hydrogens (tertiary/aromatic N) is 3. The number of aryl methyl sites for hydroxylation is 1. The normalized spacial score (nSPS) is 11.3. The Labute approximate surface area is 107 Å². The quantitative estimate of drug-likeness (QED) is 0.838. The summed E-state index contributed by atoms with van der Waals surface area (Å²) in [5.41, 5.74) is 1.22. The third-order valence-corrected chi connectivity index (χ3v) is 2.95. The largest absolute Gasteiger partial charge is 0.468 e. The maximum atomic E-state index is 5.45. The number of hydrogen-bond acceptors (Lipinski definition) is 4. The lowest BCUT2D eigenvalue weighted by molar-refractivity contribution is 0.303. The molecule has 1 N–H and O–H groups in total. The molecule has 2 aromatic rings. The summed E-state index contributed by atoms with van der Waals surface area (Å²) in [6, 6.07) is 2.03. The second-order valence-corrected chi connectivity index (χ2v) is 4.53. The van der Waals surface area contributed by atoms with Gasteiger partial charge in [0.05, 0.1) is 19.4 Å². The number of rotatable bonds is 6. The molecule has 0 saturated heterocycles. The van der Waals surface area contributed by atoms with E-state index in [0.29, 0.717) is 0 Å². The minimum atomic E-state index is 0.762. The van der Waals surface area contributed by atoms with Crippen molar-refractivity contribution in [2.24, 2.45) is 7.05 Å². The number of aromatic nitrogens is 2. The number of nitrogens with one attached hydrogen (secondary N) is 1. The first kappa shape index (κ1) is 12.9. The topological polar surface area (TPSA) is 46.2 Å². The van der Waals surface area contributed by atoms with Crippen molar-refractivity contribution < 1.29 is 4.42 Å². The lowest BCUT2D eigenvalue weighted by Crippen LogP contribution is -2.20. The standard InChI is InChI=1S/C13H20N4O/c1-14-8-12-11(4-7-18-12)9-16(2)10-13-15-5-6-17(13)3/h4-7,14H,8-10H2,1-3H3. The SMILES string of the molecule is CNCc1occc1CN(C)Cc1nccn1C. The molecule has 0 aromatic carbocycles. The summed E-state index contributed by atoms with van der Waals surface area (Å²) in [5, 5.41) is 3.11. The van der Waals surface area contributed by atoms with Crippen LogP contribution in [0.2, 0.25) is 0 Å². The molecule has 0 spiro atoms. The van der Waals surface area contributed by atoms with Gasteiger partial charge in [-0.3, -0.25) is 4.90 Å². The van der Waals surface area contributed by atoms with Crippen molar-refractivity contribution in [1.29, 1.82) is 0 Å². The third-order valence-electron chi connectivity index (χ3n) is 2.95. The molecule has 2 heterocycles. The molecule has 0 fully saturated rings. The van der Waals surface area contributed by atoms with Gasteiger partial charge >= 0.3 is 0 Å². The van der Waals surface area contributed by atoms with E-state index in [2.05, 4.69) is 22.2 Å². The van der Waals surface area contributed by atoms with Gasteiger partial charge < -0.3 is 14.3 Å². The molecule has 0 aliphatic rings. The van der Waals surface area contributed by atoms with Crippen LogP contribution in [0.1, 0.15) is 17.1 Å². The first-order chi connectivity index (χ1) is 8.70. The van der Waals surface area contributed by atoms with Gasteiger partial charge in [-0.25, -0.2) is 4.98 Å². The molecule has 0 atom stereocenters. The fraction of sp³-hybridized carbons (Fsp3) is 0.462. The molecule has 0 bridgehead atoms. The molecule has 0 unspecified atom stereocenters. The summed E-state index contributed by atoms with van der Waals surface area (Å²) in [7, 11) is 6.02. The van der Waals surface area contributed by atoms with Gasteiger partial charge in [-0.15, -0.1) is 0 Å². The van der Waals surface area contributed by atoms with E-state index < -0.39 is 0 Å². The third kappa shape index (κ3) is 3.00. The molecule has 5 heteroatoms. The van der Waals surface area contributed by atoms with Crippen molar-refractivity contribution in [3.63, 3.8) is 0 Å². The zero-order valence-corrected chi connectivity index (χ0v) is 11.2. The summed E-state index contributed by atoms with van der Waals surface area (Å²) >= 11 is 0. The van der Waals surface area contributed by atoms with E-state index in [1.54, 1.807) is 6.26 Å². The number of imidazole rings is 1. The van der Waals surface area contributed by atoms with E-state index in [0.717, 1.165) is 31.2 Å². The lowest BCUT2D eigenvalue weighted by Gasteiger charge is -2.16. The highest BCUT2D eigenvalue weighted by atomic mass is 16.3. The summed E-state index contributed by atoms with van der Waals surface area (Å²) in [5.74, 6) is 2.07. The van der Waals surface area contributed by atoms with Crippen LogP contribution in [0.25, 0.3) is 0 Å². The summed E-state index contributed by atoms with van der Waals surface area (Å²) in [4.78, 5) is 6.56. The Kier molecular flexibility index (Phi) is 4.17. The van der Waals surface area contributed by atoms with Crippen molar-refractivity contribution in [3.8, 4) is 0 Å². The van der Waals surface area contributed by atoms with E-state index in [4.69, 9.17) is 4.42 Å². The monoisotopic (exact) mass is 248 g/mol. The predicted molar refractivity (Wildman–Crippen MR) is 69.9 cm³/mol. The Morgan fingerprint density at radius 3 is 2.94 bits per heavy atom. The van der Waals surface area contributed by atoms with E-state index in [-0.39, 0.29) is 0 Å². The second kappa shape index (κ2) is 5.84. The fourth-order valence-corrected chi connectivity index (χ4v) is 1.96. The second-order valence-electron chi connectivity index (χ2n) is 4.53. The van der Waals surface area contributed by atoms with E-state index in [9.17, 15) is 0 Å². The van der Waals surface area contributed by atoms with Gasteiger partial charge in [0.1, 0.15) is 11.6 Å². The van der Waals surface area contributed by atoms with Crippen molar-refractivity contribution in [1.82, 2.24) is 19.8 Å². The van der Waals surface area contributed by atoms with Gasteiger partial charge in [0.15, 0.2) is 0 Å². The van der Waals surface area contributed by atoms with Gasteiger partial charge in [-0.1, -0.05) is 0 Å². The lowest BCUT2D eigenvalue weighted by atomic mass is 10.2. The van der Waals surface area contributed by atoms with Crippen LogP contribution in [0, 0.1) is 0 Å². The minimum Gasteiger partial charge on any atom is -0.468 e. The summed E-state index contributed by atoms with van der Waals surface area (Å²) < 4.78 is 7.50. The number of furan rings is 1. The Morgan fingerprint density at radius 1 is 1.44 bits per heavy atom. The highest BCUT2D eigenvalue weighted by molar-refractivity contribution is 5.16. The maximum Gasteiger partial charge on any atom is 0.122 e. The highest BCUT2D eigenvalue weighted by Gasteiger charge is 2.10. The zero-order valence-electron chi connectivity index (χ0n) is 11.2. The Balaban J connectivity index is 1.96. The van der Waals surface area contributed by atoms with E-state index in [1.807, 2.05) is 37.1 Å². The molecule has 0 saturated carbocycles. The molecule has 98 valence electrons. The van der Waals surface area contributed by atoms with Crippen LogP contribution >= 0.6 is 0 Å². The molecule has 2 rings (SSSR count). The molecule has 5 nitrogen and oxygen atoms in total. The first-order valence-corrected chi connectivity index (χ1v) is 6.05. The molecule has 2 aromatic heterocycles. The molecule has 0 amide bonds. The smallest absolute Gasteiger partial charge is 0.122 e. The van der Waals surface area contributed by atoms with Crippen LogP contribution < -0.4 is 5.32 Å². The minimum absolute atomic E-state index is 0.762. The van der Waals surface area contributed by atoms with Crippen LogP contribution in [0.3, 0.4) is 0 Å². The van der Waals surface area contributed by atoms with Gasteiger partial charge in [-0.05, 0) is 20.2 Å². The van der Waals surface area contributed by atoms with Crippen molar-refractivity contribution >= 4 is 0 Å². The van der Waals surface area contributed by atoms with Gasteiger partial charge in [0.2, 0.25) is 0 Å². The number of hydrogen-bond donors (Lipinski definition) is 1. The van der Waals surface area contributed by atoms with Crippen molar-refractivity contribution in [2.75, 3.05) is 14.1 Å². The molecule has 18 heavy (non-hydrogen) atoms. The predicted octanol–water partition coefficient (Wildman–Crippen LogP) is 1.36. The van der Waals surface area contributed by atoms with E-state index >= 15 is 0 Å². The Bertz CT molecular complexity index is 489. The highest BCUT2D eigenvalue weighted by Crippen LogP contribution is 2.13. The first-order valence-electron chi connectivity index (χ1n) is 6.05. The van der Waals surface area contributed by atoms with Crippen LogP contribution in [0.4, 0.5) is 0 Å².